The first-order valence-electron chi connectivity index (χ1n) is 6.39. The molecule has 110 valence electrons. The summed E-state index contributed by atoms with van der Waals surface area (Å²) >= 11 is 9.24. The lowest BCUT2D eigenvalue weighted by Crippen LogP contribution is -2.18. The van der Waals surface area contributed by atoms with Crippen molar-refractivity contribution >= 4 is 33.2 Å². The second kappa shape index (κ2) is 7.02. The van der Waals surface area contributed by atoms with Crippen LogP contribution in [0, 0.1) is 10.1 Å². The third-order valence-electron chi connectivity index (χ3n) is 3.19. The van der Waals surface area contributed by atoms with Gasteiger partial charge in [-0.25, -0.2) is 0 Å². The summed E-state index contributed by atoms with van der Waals surface area (Å²) < 4.78 is 1.01. The molecule has 0 aliphatic carbocycles. The molecule has 0 amide bonds. The zero-order chi connectivity index (χ0) is 15.4. The van der Waals surface area contributed by atoms with Gasteiger partial charge in [0.15, 0.2) is 0 Å². The first-order chi connectivity index (χ1) is 9.97. The second-order valence-electron chi connectivity index (χ2n) is 4.69. The Morgan fingerprint density at radius 2 is 2.10 bits per heavy atom. The van der Waals surface area contributed by atoms with E-state index in [0.717, 1.165) is 10.0 Å². The van der Waals surface area contributed by atoms with Crippen LogP contribution in [0.3, 0.4) is 0 Å². The predicted molar refractivity (Wildman–Crippen MR) is 87.5 cm³/mol. The van der Waals surface area contributed by atoms with Gasteiger partial charge in [0.25, 0.3) is 5.69 Å². The molecule has 6 heteroatoms. The number of halogens is 2. The third-order valence-corrected chi connectivity index (χ3v) is 3.92. The van der Waals surface area contributed by atoms with E-state index in [0.29, 0.717) is 17.1 Å². The lowest BCUT2D eigenvalue weighted by molar-refractivity contribution is -0.385. The number of rotatable bonds is 5. The molecule has 0 aromatic heterocycles. The second-order valence-corrected chi connectivity index (χ2v) is 6.04. The number of hydrogen-bond donors (Lipinski definition) is 1. The quantitative estimate of drug-likeness (QED) is 0.605. The minimum Gasteiger partial charge on any atom is -0.306 e. The molecule has 21 heavy (non-hydrogen) atoms. The molecule has 0 spiro atoms. The van der Waals surface area contributed by atoms with Crippen LogP contribution in [0.25, 0.3) is 0 Å². The summed E-state index contributed by atoms with van der Waals surface area (Å²) in [4.78, 5) is 10.6. The van der Waals surface area contributed by atoms with Gasteiger partial charge in [-0.05, 0) is 36.8 Å². The van der Waals surface area contributed by atoms with E-state index in [9.17, 15) is 10.1 Å². The van der Waals surface area contributed by atoms with Crippen molar-refractivity contribution in [1.82, 2.24) is 5.32 Å². The fourth-order valence-corrected chi connectivity index (χ4v) is 2.60. The maximum atomic E-state index is 11.0. The number of nitrogens with zero attached hydrogens (tertiary/aromatic N) is 1. The minimum atomic E-state index is -0.410. The molecule has 2 aromatic carbocycles. The Hall–Kier alpha value is -1.43. The van der Waals surface area contributed by atoms with Crippen molar-refractivity contribution in [2.24, 2.45) is 0 Å². The largest absolute Gasteiger partial charge is 0.306 e. The molecule has 0 saturated heterocycles. The van der Waals surface area contributed by atoms with E-state index in [1.807, 2.05) is 31.2 Å². The zero-order valence-electron chi connectivity index (χ0n) is 11.3. The van der Waals surface area contributed by atoms with Gasteiger partial charge >= 0.3 is 0 Å². The highest BCUT2D eigenvalue weighted by molar-refractivity contribution is 9.10. The molecule has 0 heterocycles. The van der Waals surface area contributed by atoms with E-state index in [-0.39, 0.29) is 11.7 Å². The molecule has 0 bridgehead atoms. The van der Waals surface area contributed by atoms with Gasteiger partial charge in [-0.1, -0.05) is 39.7 Å². The van der Waals surface area contributed by atoms with Gasteiger partial charge in [-0.3, -0.25) is 10.1 Å². The predicted octanol–water partition coefficient (Wildman–Crippen LogP) is 4.86. The summed E-state index contributed by atoms with van der Waals surface area (Å²) in [6, 6.07) is 12.8. The van der Waals surface area contributed by atoms with Crippen LogP contribution in [0.1, 0.15) is 24.1 Å². The maximum absolute atomic E-state index is 11.0. The lowest BCUT2D eigenvalue weighted by Gasteiger charge is -2.14. The molecule has 2 aromatic rings. The first kappa shape index (κ1) is 15.9. The average Bonchev–Trinajstić information content (AvgIpc) is 2.45. The number of nitro benzene ring substituents is 1. The van der Waals surface area contributed by atoms with Crippen molar-refractivity contribution in [3.8, 4) is 0 Å². The summed E-state index contributed by atoms with van der Waals surface area (Å²) in [6.45, 7) is 2.42. The highest BCUT2D eigenvalue weighted by atomic mass is 79.9. The lowest BCUT2D eigenvalue weighted by atomic mass is 10.1. The Bertz CT molecular complexity index is 664. The molecule has 0 aliphatic heterocycles. The maximum Gasteiger partial charge on any atom is 0.275 e. The molecule has 0 saturated carbocycles. The molecule has 0 fully saturated rings. The van der Waals surface area contributed by atoms with Gasteiger partial charge in [0.05, 0.1) is 4.92 Å². The van der Waals surface area contributed by atoms with Crippen LogP contribution in [-0.2, 0) is 6.54 Å². The van der Waals surface area contributed by atoms with Gasteiger partial charge < -0.3 is 5.32 Å². The van der Waals surface area contributed by atoms with Crippen molar-refractivity contribution in [3.05, 3.63) is 73.2 Å². The standard InChI is InChI=1S/C15H14BrClN2O2/c1-10(11-3-2-4-13(16)7-11)18-9-12-5-6-14(17)8-15(12)19(20)21/h2-8,10,18H,9H2,1H3/t10-/m1/s1. The van der Waals surface area contributed by atoms with Gasteiger partial charge in [0.2, 0.25) is 0 Å². The van der Waals surface area contributed by atoms with Crippen molar-refractivity contribution in [1.29, 1.82) is 0 Å². The minimum absolute atomic E-state index is 0.0384. The van der Waals surface area contributed by atoms with E-state index in [1.54, 1.807) is 12.1 Å². The summed E-state index contributed by atoms with van der Waals surface area (Å²) in [5.41, 5.74) is 1.77. The van der Waals surface area contributed by atoms with Gasteiger partial charge in [0.1, 0.15) is 0 Å². The highest BCUT2D eigenvalue weighted by Gasteiger charge is 2.15. The Kier molecular flexibility index (Phi) is 5.33. The van der Waals surface area contributed by atoms with Crippen LogP contribution in [0.4, 0.5) is 5.69 Å². The number of nitrogens with one attached hydrogen (secondary N) is 1. The van der Waals surface area contributed by atoms with E-state index < -0.39 is 4.92 Å². The molecule has 0 unspecified atom stereocenters. The topological polar surface area (TPSA) is 55.2 Å². The Labute approximate surface area is 136 Å². The summed E-state index contributed by atoms with van der Waals surface area (Å²) in [6.07, 6.45) is 0. The molecule has 0 radical (unpaired) electrons. The van der Waals surface area contributed by atoms with Crippen LogP contribution < -0.4 is 5.32 Å². The summed E-state index contributed by atoms with van der Waals surface area (Å²) in [5.74, 6) is 0. The van der Waals surface area contributed by atoms with Crippen LogP contribution in [0.5, 0.6) is 0 Å². The van der Waals surface area contributed by atoms with E-state index in [1.165, 1.54) is 6.07 Å². The number of nitro groups is 1. The highest BCUT2D eigenvalue weighted by Crippen LogP contribution is 2.24. The Morgan fingerprint density at radius 1 is 1.33 bits per heavy atom. The van der Waals surface area contributed by atoms with Crippen LogP contribution in [0.2, 0.25) is 5.02 Å². The fraction of sp³-hybridized carbons (Fsp3) is 0.200. The Morgan fingerprint density at radius 3 is 2.76 bits per heavy atom. The van der Waals surface area contributed by atoms with E-state index in [4.69, 9.17) is 11.6 Å². The Balaban J connectivity index is 2.11. The monoisotopic (exact) mass is 368 g/mol. The zero-order valence-corrected chi connectivity index (χ0v) is 13.7. The molecular weight excluding hydrogens is 356 g/mol. The van der Waals surface area contributed by atoms with Gasteiger partial charge in [-0.2, -0.15) is 0 Å². The van der Waals surface area contributed by atoms with Gasteiger partial charge in [0, 0.05) is 33.7 Å². The SMILES string of the molecule is C[C@@H](NCc1ccc(Cl)cc1[N+](=O)[O-])c1cccc(Br)c1. The van der Waals surface area contributed by atoms with Crippen molar-refractivity contribution in [2.45, 2.75) is 19.5 Å². The molecule has 0 aliphatic rings. The van der Waals surface area contributed by atoms with Crippen molar-refractivity contribution in [3.63, 3.8) is 0 Å². The molecule has 1 atom stereocenters. The molecule has 4 nitrogen and oxygen atoms in total. The number of benzene rings is 2. The molecule has 2 rings (SSSR count). The first-order valence-corrected chi connectivity index (χ1v) is 7.56. The average molecular weight is 370 g/mol. The molecular formula is C15H14BrClN2O2. The summed E-state index contributed by atoms with van der Waals surface area (Å²) in [5, 5.41) is 14.7. The smallest absolute Gasteiger partial charge is 0.275 e. The van der Waals surface area contributed by atoms with Crippen molar-refractivity contribution in [2.75, 3.05) is 0 Å². The molecule has 1 N–H and O–H groups in total. The van der Waals surface area contributed by atoms with E-state index >= 15 is 0 Å². The van der Waals surface area contributed by atoms with Crippen LogP contribution in [-0.4, -0.2) is 4.92 Å². The normalized spacial score (nSPS) is 12.1. The van der Waals surface area contributed by atoms with E-state index in [2.05, 4.69) is 21.2 Å². The summed E-state index contributed by atoms with van der Waals surface area (Å²) in [7, 11) is 0. The van der Waals surface area contributed by atoms with Crippen LogP contribution >= 0.6 is 27.5 Å². The van der Waals surface area contributed by atoms with Crippen molar-refractivity contribution < 1.29 is 4.92 Å². The third kappa shape index (κ3) is 4.27. The van der Waals surface area contributed by atoms with Gasteiger partial charge in [-0.15, -0.1) is 0 Å². The fourth-order valence-electron chi connectivity index (χ4n) is 2.01. The van der Waals surface area contributed by atoms with Crippen LogP contribution in [0.15, 0.2) is 46.9 Å². The number of hydrogen-bond acceptors (Lipinski definition) is 3.